The van der Waals surface area contributed by atoms with E-state index in [0.29, 0.717) is 18.0 Å². The maximum absolute atomic E-state index is 12.3. The number of amides is 1. The predicted octanol–water partition coefficient (Wildman–Crippen LogP) is 3.84. The van der Waals surface area contributed by atoms with Gasteiger partial charge in [0.1, 0.15) is 20.8 Å². The van der Waals surface area contributed by atoms with Crippen LogP contribution in [-0.2, 0) is 41.7 Å². The minimum atomic E-state index is -0.131. The normalized spacial score (nSPS) is 10.9. The Bertz CT molecular complexity index is 1130. The molecule has 4 rings (SSSR count). The van der Waals surface area contributed by atoms with Gasteiger partial charge in [0.05, 0.1) is 12.8 Å². The number of nitrogens with zero attached hydrogens (tertiary/aromatic N) is 5. The summed E-state index contributed by atoms with van der Waals surface area (Å²) in [6.07, 6.45) is 5.98. The van der Waals surface area contributed by atoms with Gasteiger partial charge in [0, 0.05) is 31.7 Å². The fraction of sp³-hybridized carbons (Fsp3) is 0.292. The van der Waals surface area contributed by atoms with Crippen LogP contribution in [0.15, 0.2) is 54.9 Å². The van der Waals surface area contributed by atoms with Gasteiger partial charge in [-0.15, -0.1) is 31.7 Å². The summed E-state index contributed by atoms with van der Waals surface area (Å²) in [7, 11) is 0. The van der Waals surface area contributed by atoms with Gasteiger partial charge in [0.15, 0.2) is 0 Å². The summed E-state index contributed by atoms with van der Waals surface area (Å²) in [5.41, 5.74) is 1.88. The third-order valence-corrected chi connectivity index (χ3v) is 7.69. The van der Waals surface area contributed by atoms with E-state index in [0.717, 1.165) is 50.5 Å². The Kier molecular flexibility index (Phi) is 9.44. The second-order valence-electron chi connectivity index (χ2n) is 7.67. The molecule has 0 unspecified atom stereocenters. The Morgan fingerprint density at radius 2 is 1.49 bits per heavy atom. The zero-order valence-electron chi connectivity index (χ0n) is 18.9. The molecule has 1 N–H and O–H groups in total. The Hall–Kier alpha value is -3.02. The highest BCUT2D eigenvalue weighted by molar-refractivity contribution is 7.99. The zero-order chi connectivity index (χ0) is 24.3. The highest BCUT2D eigenvalue weighted by Gasteiger charge is 2.11. The van der Waals surface area contributed by atoms with Gasteiger partial charge >= 0.3 is 0 Å². The number of carbonyl (C=O) groups is 2. The first-order valence-electron chi connectivity index (χ1n) is 11.1. The van der Waals surface area contributed by atoms with Crippen LogP contribution in [0.1, 0.15) is 26.1 Å². The van der Waals surface area contributed by atoms with Crippen molar-refractivity contribution >= 4 is 51.3 Å². The molecule has 0 aliphatic rings. The summed E-state index contributed by atoms with van der Waals surface area (Å²) in [5, 5.41) is 22.6. The molecule has 0 aliphatic heterocycles. The van der Waals surface area contributed by atoms with E-state index in [1.807, 2.05) is 48.2 Å². The SMILES string of the molecule is O=C(Cc1ccccc1)Cc1nnc(CCSCCc2nnc(NC(=O)Cc3cccnc3)s2)s1. The molecule has 4 aromatic rings. The number of hydrogen-bond donors (Lipinski definition) is 1. The van der Waals surface area contributed by atoms with E-state index in [-0.39, 0.29) is 18.1 Å². The molecule has 0 atom stereocenters. The lowest BCUT2D eigenvalue weighted by molar-refractivity contribution is -0.118. The van der Waals surface area contributed by atoms with Crippen molar-refractivity contribution in [1.29, 1.82) is 0 Å². The molecule has 1 amide bonds. The number of aryl methyl sites for hydroxylation is 2. The van der Waals surface area contributed by atoms with Crippen molar-refractivity contribution in [3.63, 3.8) is 0 Å². The lowest BCUT2D eigenvalue weighted by Crippen LogP contribution is -2.14. The molecule has 0 fully saturated rings. The topological polar surface area (TPSA) is 111 Å². The van der Waals surface area contributed by atoms with Crippen LogP contribution < -0.4 is 5.32 Å². The van der Waals surface area contributed by atoms with Crippen molar-refractivity contribution in [2.45, 2.75) is 32.1 Å². The third kappa shape index (κ3) is 8.61. The highest BCUT2D eigenvalue weighted by Crippen LogP contribution is 2.19. The first kappa shape index (κ1) is 25.1. The van der Waals surface area contributed by atoms with Gasteiger partial charge in [0.25, 0.3) is 0 Å². The molecule has 0 bridgehead atoms. The van der Waals surface area contributed by atoms with Crippen LogP contribution in [0.5, 0.6) is 0 Å². The first-order valence-corrected chi connectivity index (χ1v) is 13.9. The van der Waals surface area contributed by atoms with Gasteiger partial charge in [-0.1, -0.05) is 47.7 Å². The van der Waals surface area contributed by atoms with E-state index in [9.17, 15) is 9.59 Å². The largest absolute Gasteiger partial charge is 0.300 e. The van der Waals surface area contributed by atoms with Crippen molar-refractivity contribution in [1.82, 2.24) is 25.4 Å². The summed E-state index contributed by atoms with van der Waals surface area (Å²) in [6, 6.07) is 13.4. The van der Waals surface area contributed by atoms with E-state index in [1.54, 1.807) is 18.5 Å². The lowest BCUT2D eigenvalue weighted by atomic mass is 10.1. The Morgan fingerprint density at radius 3 is 2.26 bits per heavy atom. The standard InChI is InChI=1S/C24H24N6O2S3/c31-19(13-17-5-2-1-3-6-17)15-23-29-27-21(34-23)8-11-33-12-9-22-28-30-24(35-22)26-20(32)14-18-7-4-10-25-16-18/h1-7,10,16H,8-9,11-15H2,(H,26,30,32). The number of hydrogen-bond acceptors (Lipinski definition) is 10. The molecule has 8 nitrogen and oxygen atoms in total. The fourth-order valence-electron chi connectivity index (χ4n) is 3.19. The number of rotatable bonds is 13. The van der Waals surface area contributed by atoms with Gasteiger partial charge in [0.2, 0.25) is 11.0 Å². The molecule has 3 aromatic heterocycles. The summed E-state index contributed by atoms with van der Waals surface area (Å²) < 4.78 is 0. The van der Waals surface area contributed by atoms with E-state index in [1.165, 1.54) is 22.7 Å². The molecule has 11 heteroatoms. The number of thioether (sulfide) groups is 1. The molecule has 1 aromatic carbocycles. The monoisotopic (exact) mass is 524 g/mol. The number of Topliss-reactive ketones (excluding diaryl/α,β-unsaturated/α-hetero) is 1. The van der Waals surface area contributed by atoms with Gasteiger partial charge in [-0.2, -0.15) is 11.8 Å². The molecule has 0 aliphatic carbocycles. The smallest absolute Gasteiger partial charge is 0.230 e. The van der Waals surface area contributed by atoms with E-state index >= 15 is 0 Å². The minimum Gasteiger partial charge on any atom is -0.300 e. The molecule has 0 radical (unpaired) electrons. The van der Waals surface area contributed by atoms with E-state index in [4.69, 9.17) is 0 Å². The quantitative estimate of drug-likeness (QED) is 0.263. The van der Waals surface area contributed by atoms with Crippen LogP contribution >= 0.6 is 34.4 Å². The lowest BCUT2D eigenvalue weighted by Gasteiger charge is -2.00. The Morgan fingerprint density at radius 1 is 0.771 bits per heavy atom. The van der Waals surface area contributed by atoms with Crippen LogP contribution in [0.4, 0.5) is 5.13 Å². The molecule has 35 heavy (non-hydrogen) atoms. The van der Waals surface area contributed by atoms with Crippen molar-refractivity contribution in [3.05, 3.63) is 81.0 Å². The van der Waals surface area contributed by atoms with Crippen LogP contribution in [0, 0.1) is 0 Å². The van der Waals surface area contributed by atoms with Crippen molar-refractivity contribution in [3.8, 4) is 0 Å². The maximum atomic E-state index is 12.3. The van der Waals surface area contributed by atoms with Gasteiger partial charge < -0.3 is 5.32 Å². The second kappa shape index (κ2) is 13.2. The molecule has 0 saturated heterocycles. The predicted molar refractivity (Wildman–Crippen MR) is 140 cm³/mol. The number of pyridine rings is 1. The molecule has 0 saturated carbocycles. The molecule has 3 heterocycles. The second-order valence-corrected chi connectivity index (χ2v) is 11.1. The molecular formula is C24H24N6O2S3. The van der Waals surface area contributed by atoms with Crippen LogP contribution in [0.25, 0.3) is 0 Å². The first-order chi connectivity index (χ1) is 17.1. The Labute approximate surface area is 215 Å². The third-order valence-electron chi connectivity index (χ3n) is 4.82. The van der Waals surface area contributed by atoms with Gasteiger partial charge in [-0.25, -0.2) is 0 Å². The van der Waals surface area contributed by atoms with Crippen molar-refractivity contribution < 1.29 is 9.59 Å². The van der Waals surface area contributed by atoms with Crippen molar-refractivity contribution in [2.24, 2.45) is 0 Å². The average molecular weight is 525 g/mol. The fourth-order valence-corrected chi connectivity index (χ4v) is 5.96. The zero-order valence-corrected chi connectivity index (χ0v) is 21.4. The summed E-state index contributed by atoms with van der Waals surface area (Å²) in [5.74, 6) is 1.84. The minimum absolute atomic E-state index is 0.131. The number of nitrogens with one attached hydrogen (secondary N) is 1. The number of ketones is 1. The number of anilines is 1. The van der Waals surface area contributed by atoms with E-state index < -0.39 is 0 Å². The Balaban J connectivity index is 1.11. The summed E-state index contributed by atoms with van der Waals surface area (Å²) in [4.78, 5) is 28.4. The number of carbonyl (C=O) groups excluding carboxylic acids is 2. The highest BCUT2D eigenvalue weighted by atomic mass is 32.2. The summed E-state index contributed by atoms with van der Waals surface area (Å²) in [6.45, 7) is 0. The van der Waals surface area contributed by atoms with Crippen LogP contribution in [0.2, 0.25) is 0 Å². The number of benzene rings is 1. The van der Waals surface area contributed by atoms with Crippen LogP contribution in [-0.4, -0.2) is 48.6 Å². The molecule has 0 spiro atoms. The van der Waals surface area contributed by atoms with Crippen LogP contribution in [0.3, 0.4) is 0 Å². The molecule has 180 valence electrons. The van der Waals surface area contributed by atoms with Crippen molar-refractivity contribution in [2.75, 3.05) is 16.8 Å². The van der Waals surface area contributed by atoms with Gasteiger partial charge in [-0.05, 0) is 28.7 Å². The average Bonchev–Trinajstić information content (AvgIpc) is 3.49. The maximum Gasteiger partial charge on any atom is 0.230 e. The van der Waals surface area contributed by atoms with E-state index in [2.05, 4.69) is 30.7 Å². The summed E-state index contributed by atoms with van der Waals surface area (Å²) >= 11 is 4.72. The number of aromatic nitrogens is 5. The van der Waals surface area contributed by atoms with Gasteiger partial charge in [-0.3, -0.25) is 14.6 Å². The molecular weight excluding hydrogens is 501 g/mol.